The first-order chi connectivity index (χ1) is 6.68. The lowest BCUT2D eigenvalue weighted by molar-refractivity contribution is 1.46. The minimum atomic E-state index is 0.0470. The Balaban J connectivity index is 2.61. The van der Waals surface area contributed by atoms with Crippen LogP contribution in [0.3, 0.4) is 0 Å². The second-order valence-corrected chi connectivity index (χ2v) is 4.92. The molecule has 1 heterocycles. The molecule has 2 aromatic rings. The summed E-state index contributed by atoms with van der Waals surface area (Å²) in [5, 5.41) is 0.947. The Morgan fingerprint density at radius 1 is 1.14 bits per heavy atom. The molecule has 0 aliphatic carbocycles. The van der Waals surface area contributed by atoms with Crippen LogP contribution >= 0.6 is 46.1 Å². The van der Waals surface area contributed by atoms with Crippen LogP contribution in [0.5, 0.6) is 0 Å². The van der Waals surface area contributed by atoms with E-state index in [9.17, 15) is 0 Å². The molecule has 1 nitrogen and oxygen atoms in total. The van der Waals surface area contributed by atoms with Gasteiger partial charge >= 0.3 is 0 Å². The van der Waals surface area contributed by atoms with E-state index in [1.165, 1.54) is 11.3 Å². The molecule has 0 amide bonds. The van der Waals surface area contributed by atoms with E-state index in [2.05, 4.69) is 4.98 Å². The van der Waals surface area contributed by atoms with Crippen LogP contribution in [0.1, 0.15) is 5.01 Å². The van der Waals surface area contributed by atoms with Crippen LogP contribution in [0.2, 0.25) is 0 Å². The number of benzene rings is 1. The highest BCUT2D eigenvalue weighted by molar-refractivity contribution is 7.20. The highest BCUT2D eigenvalue weighted by Gasteiger charge is 2.09. The van der Waals surface area contributed by atoms with Crippen molar-refractivity contribution in [2.45, 2.75) is 0 Å². The molecule has 0 saturated carbocycles. The molecule has 0 N–H and O–H groups in total. The first-order valence-electron chi connectivity index (χ1n) is 3.75. The lowest BCUT2D eigenvalue weighted by atomic mass is 10.3. The summed E-state index contributed by atoms with van der Waals surface area (Å²) in [5.74, 6) is 0. The van der Waals surface area contributed by atoms with Crippen molar-refractivity contribution in [2.24, 2.45) is 0 Å². The molecule has 0 aliphatic heterocycles. The number of hydrogen-bond acceptors (Lipinski definition) is 2. The average molecular weight is 265 g/mol. The van der Waals surface area contributed by atoms with Gasteiger partial charge in [-0.3, -0.25) is 0 Å². The van der Waals surface area contributed by atoms with Crippen LogP contribution in [0, 0.1) is 0 Å². The SMILES string of the molecule is ClC(Cl)=C(Cl)c1nc2ccccc2s1. The van der Waals surface area contributed by atoms with Crippen LogP contribution in [-0.4, -0.2) is 4.98 Å². The summed E-state index contributed by atoms with van der Waals surface area (Å²) >= 11 is 18.5. The van der Waals surface area contributed by atoms with Crippen molar-refractivity contribution in [3.05, 3.63) is 33.8 Å². The van der Waals surface area contributed by atoms with Gasteiger partial charge in [0.25, 0.3) is 0 Å². The molecule has 0 spiro atoms. The van der Waals surface area contributed by atoms with Gasteiger partial charge in [0.2, 0.25) is 0 Å². The maximum absolute atomic E-state index is 5.88. The molecule has 0 atom stereocenters. The zero-order chi connectivity index (χ0) is 10.1. The van der Waals surface area contributed by atoms with Crippen molar-refractivity contribution in [1.82, 2.24) is 4.98 Å². The van der Waals surface area contributed by atoms with Crippen LogP contribution in [0.15, 0.2) is 28.8 Å². The summed E-state index contributed by atoms with van der Waals surface area (Å²) < 4.78 is 1.11. The van der Waals surface area contributed by atoms with Crippen LogP contribution in [-0.2, 0) is 0 Å². The minimum Gasteiger partial charge on any atom is -0.235 e. The van der Waals surface area contributed by atoms with E-state index in [0.29, 0.717) is 10.0 Å². The number of rotatable bonds is 1. The molecule has 14 heavy (non-hydrogen) atoms. The van der Waals surface area contributed by atoms with Crippen molar-refractivity contribution in [3.63, 3.8) is 0 Å². The van der Waals surface area contributed by atoms with Crippen molar-refractivity contribution in [1.29, 1.82) is 0 Å². The molecule has 0 fully saturated rings. The van der Waals surface area contributed by atoms with Gasteiger partial charge in [0.15, 0.2) is 0 Å². The van der Waals surface area contributed by atoms with E-state index in [1.807, 2.05) is 24.3 Å². The fraction of sp³-hybridized carbons (Fsp3) is 0. The summed E-state index contributed by atoms with van der Waals surface area (Å²) in [7, 11) is 0. The fourth-order valence-electron chi connectivity index (χ4n) is 1.05. The number of thiazole rings is 1. The summed E-state index contributed by atoms with van der Waals surface area (Å²) in [6.07, 6.45) is 0. The normalized spacial score (nSPS) is 10.5. The molecule has 72 valence electrons. The molecular formula is C9H4Cl3NS. The average Bonchev–Trinajstić information content (AvgIpc) is 2.59. The third-order valence-electron chi connectivity index (χ3n) is 1.65. The topological polar surface area (TPSA) is 12.9 Å². The summed E-state index contributed by atoms with van der Waals surface area (Å²) in [5.41, 5.74) is 0.903. The van der Waals surface area contributed by atoms with Crippen molar-refractivity contribution < 1.29 is 0 Å². The van der Waals surface area contributed by atoms with Gasteiger partial charge in [-0.25, -0.2) is 4.98 Å². The molecule has 2 rings (SSSR count). The lowest BCUT2D eigenvalue weighted by Crippen LogP contribution is -1.73. The lowest BCUT2D eigenvalue weighted by Gasteiger charge is -1.89. The molecule has 0 radical (unpaired) electrons. The van der Waals surface area contributed by atoms with E-state index < -0.39 is 0 Å². The quantitative estimate of drug-likeness (QED) is 0.731. The number of hydrogen-bond donors (Lipinski definition) is 0. The number of fused-ring (bicyclic) bond motifs is 1. The van der Waals surface area contributed by atoms with Crippen molar-refractivity contribution in [3.8, 4) is 0 Å². The first kappa shape index (κ1) is 10.2. The van der Waals surface area contributed by atoms with Gasteiger partial charge in [0, 0.05) is 0 Å². The van der Waals surface area contributed by atoms with Gasteiger partial charge in [-0.15, -0.1) is 11.3 Å². The Morgan fingerprint density at radius 2 is 1.86 bits per heavy atom. The zero-order valence-corrected chi connectivity index (χ0v) is 9.88. The highest BCUT2D eigenvalue weighted by atomic mass is 35.5. The van der Waals surface area contributed by atoms with E-state index in [4.69, 9.17) is 34.8 Å². The van der Waals surface area contributed by atoms with Crippen molar-refractivity contribution in [2.75, 3.05) is 0 Å². The van der Waals surface area contributed by atoms with Crippen LogP contribution in [0.4, 0.5) is 0 Å². The summed E-state index contributed by atoms with van der Waals surface area (Å²) in [4.78, 5) is 4.29. The van der Waals surface area contributed by atoms with E-state index >= 15 is 0 Å². The Bertz CT molecular complexity index is 466. The summed E-state index contributed by atoms with van der Waals surface area (Å²) in [6, 6.07) is 7.76. The predicted molar refractivity (Wildman–Crippen MR) is 64.1 cm³/mol. The monoisotopic (exact) mass is 263 g/mol. The second kappa shape index (κ2) is 4.07. The Labute approximate surface area is 99.9 Å². The van der Waals surface area contributed by atoms with E-state index in [0.717, 1.165) is 10.2 Å². The molecule has 1 aromatic heterocycles. The Kier molecular flexibility index (Phi) is 2.98. The largest absolute Gasteiger partial charge is 0.235 e. The van der Waals surface area contributed by atoms with Crippen molar-refractivity contribution >= 4 is 61.4 Å². The maximum Gasteiger partial charge on any atom is 0.138 e. The fourth-order valence-corrected chi connectivity index (χ4v) is 2.40. The smallest absolute Gasteiger partial charge is 0.138 e. The third-order valence-corrected chi connectivity index (χ3v) is 3.75. The Morgan fingerprint density at radius 3 is 2.50 bits per heavy atom. The number of para-hydroxylation sites is 1. The first-order valence-corrected chi connectivity index (χ1v) is 5.70. The number of aromatic nitrogens is 1. The summed E-state index contributed by atoms with van der Waals surface area (Å²) in [6.45, 7) is 0. The molecule has 0 unspecified atom stereocenters. The van der Waals surface area contributed by atoms with Gasteiger partial charge in [0.05, 0.1) is 10.2 Å². The predicted octanol–water partition coefficient (Wildman–Crippen LogP) is 4.64. The molecule has 0 aliphatic rings. The second-order valence-electron chi connectivity index (χ2n) is 2.56. The van der Waals surface area contributed by atoms with Gasteiger partial charge in [-0.1, -0.05) is 46.9 Å². The molecular weight excluding hydrogens is 261 g/mol. The number of halogens is 3. The Hall–Kier alpha value is -0.280. The van der Waals surface area contributed by atoms with E-state index in [-0.39, 0.29) is 4.49 Å². The standard InChI is InChI=1S/C9H4Cl3NS/c10-7(8(11)12)9-13-5-3-1-2-4-6(5)14-9/h1-4H. The van der Waals surface area contributed by atoms with Crippen LogP contribution < -0.4 is 0 Å². The zero-order valence-electron chi connectivity index (χ0n) is 6.80. The minimum absolute atomic E-state index is 0.0470. The molecule has 1 aromatic carbocycles. The van der Waals surface area contributed by atoms with E-state index in [1.54, 1.807) is 0 Å². The highest BCUT2D eigenvalue weighted by Crippen LogP contribution is 2.33. The third kappa shape index (κ3) is 1.89. The molecule has 5 heteroatoms. The van der Waals surface area contributed by atoms with Gasteiger partial charge in [0.1, 0.15) is 14.5 Å². The molecule has 0 saturated heterocycles. The number of nitrogens with zero attached hydrogens (tertiary/aromatic N) is 1. The van der Waals surface area contributed by atoms with Gasteiger partial charge < -0.3 is 0 Å². The molecule has 0 bridgehead atoms. The van der Waals surface area contributed by atoms with Gasteiger partial charge in [-0.05, 0) is 12.1 Å². The van der Waals surface area contributed by atoms with Crippen LogP contribution in [0.25, 0.3) is 15.2 Å². The maximum atomic E-state index is 5.88. The van der Waals surface area contributed by atoms with Gasteiger partial charge in [-0.2, -0.15) is 0 Å².